The van der Waals surface area contributed by atoms with Crippen LogP contribution in [0, 0.1) is 0 Å². The van der Waals surface area contributed by atoms with Gasteiger partial charge in [0, 0.05) is 24.5 Å². The molecule has 2 N–H and O–H groups in total. The summed E-state index contributed by atoms with van der Waals surface area (Å²) >= 11 is 0. The first-order chi connectivity index (χ1) is 9.70. The highest BCUT2D eigenvalue weighted by Gasteiger charge is 2.26. The fourth-order valence-corrected chi connectivity index (χ4v) is 3.27. The van der Waals surface area contributed by atoms with Crippen molar-refractivity contribution in [1.82, 2.24) is 9.62 Å². The summed E-state index contributed by atoms with van der Waals surface area (Å²) in [6.45, 7) is 1.83. The Labute approximate surface area is 124 Å². The van der Waals surface area contributed by atoms with Crippen molar-refractivity contribution in [3.05, 3.63) is 30.3 Å². The molecular formula is C14H20N2O4S. The van der Waals surface area contributed by atoms with Crippen LogP contribution < -0.4 is 4.72 Å². The molecule has 0 aliphatic rings. The molecule has 6 nitrogen and oxygen atoms in total. The van der Waals surface area contributed by atoms with Crippen LogP contribution in [0.5, 0.6) is 0 Å². The molecule has 0 saturated heterocycles. The molecule has 1 atom stereocenters. The summed E-state index contributed by atoms with van der Waals surface area (Å²) < 4.78 is 32.1. The van der Waals surface area contributed by atoms with Crippen molar-refractivity contribution in [1.29, 1.82) is 0 Å². The number of para-hydroxylation sites is 1. The average Bonchev–Trinajstić information content (AvgIpc) is 2.80. The predicted octanol–water partition coefficient (Wildman–Crippen LogP) is 1.02. The summed E-state index contributed by atoms with van der Waals surface area (Å²) in [5.74, 6) is 0. The van der Waals surface area contributed by atoms with Gasteiger partial charge in [0.15, 0.2) is 0 Å². The summed E-state index contributed by atoms with van der Waals surface area (Å²) in [7, 11) is -0.171. The summed E-state index contributed by atoms with van der Waals surface area (Å²) in [6, 6.07) is 8.54. The van der Waals surface area contributed by atoms with E-state index in [1.165, 1.54) is 6.07 Å². The Bertz CT molecular complexity index is 686. The lowest BCUT2D eigenvalue weighted by molar-refractivity contribution is 0.0385. The Morgan fingerprint density at radius 2 is 2.00 bits per heavy atom. The zero-order chi connectivity index (χ0) is 15.7. The molecule has 0 fully saturated rings. The Morgan fingerprint density at radius 3 is 2.62 bits per heavy atom. The second-order valence-corrected chi connectivity index (χ2v) is 7.36. The van der Waals surface area contributed by atoms with Crippen LogP contribution in [-0.2, 0) is 10.0 Å². The molecule has 0 aliphatic heterocycles. The highest BCUT2D eigenvalue weighted by Crippen LogP contribution is 2.22. The van der Waals surface area contributed by atoms with Crippen molar-refractivity contribution in [3.63, 3.8) is 0 Å². The Kier molecular flexibility index (Phi) is 4.38. The Hall–Kier alpha value is -1.41. The molecule has 0 amide bonds. The van der Waals surface area contributed by atoms with Crippen molar-refractivity contribution < 1.29 is 17.9 Å². The number of aliphatic hydroxyl groups is 1. The summed E-state index contributed by atoms with van der Waals surface area (Å²) in [5.41, 5.74) is -0.652. The molecule has 2 aromatic rings. The molecule has 0 radical (unpaired) electrons. The van der Waals surface area contributed by atoms with Gasteiger partial charge in [0.1, 0.15) is 5.58 Å². The number of benzene rings is 1. The quantitative estimate of drug-likeness (QED) is 0.832. The van der Waals surface area contributed by atoms with Crippen LogP contribution in [0.3, 0.4) is 0 Å². The van der Waals surface area contributed by atoms with Crippen LogP contribution in [0.15, 0.2) is 39.8 Å². The number of fused-ring (bicyclic) bond motifs is 1. The first-order valence-electron chi connectivity index (χ1n) is 6.55. The molecule has 0 bridgehead atoms. The van der Waals surface area contributed by atoms with E-state index in [1.54, 1.807) is 30.0 Å². The van der Waals surface area contributed by atoms with E-state index in [-0.39, 0.29) is 11.6 Å². The van der Waals surface area contributed by atoms with Gasteiger partial charge in [-0.05, 0) is 27.1 Å². The molecule has 0 saturated carbocycles. The van der Waals surface area contributed by atoms with E-state index in [9.17, 15) is 13.5 Å². The first kappa shape index (κ1) is 16.0. The van der Waals surface area contributed by atoms with Gasteiger partial charge in [0.05, 0.1) is 5.60 Å². The van der Waals surface area contributed by atoms with Gasteiger partial charge in [-0.25, -0.2) is 13.1 Å². The molecule has 2 rings (SSSR count). The van der Waals surface area contributed by atoms with E-state index in [0.717, 1.165) is 5.39 Å². The number of rotatable bonds is 6. The fraction of sp³-hybridized carbons (Fsp3) is 0.429. The van der Waals surface area contributed by atoms with E-state index >= 15 is 0 Å². The van der Waals surface area contributed by atoms with Crippen molar-refractivity contribution in [2.45, 2.75) is 17.6 Å². The number of sulfonamides is 1. The average molecular weight is 312 g/mol. The molecule has 7 heteroatoms. The maximum Gasteiger partial charge on any atom is 0.274 e. The largest absolute Gasteiger partial charge is 0.443 e. The number of likely N-dealkylation sites (N-methyl/N-ethyl adjacent to an activating group) is 1. The van der Waals surface area contributed by atoms with Gasteiger partial charge in [-0.2, -0.15) is 0 Å². The van der Waals surface area contributed by atoms with Crippen LogP contribution in [0.1, 0.15) is 6.92 Å². The summed E-state index contributed by atoms with van der Waals surface area (Å²) in [6.07, 6.45) is 0. The van der Waals surface area contributed by atoms with Crippen LogP contribution >= 0.6 is 0 Å². The molecule has 0 aliphatic carbocycles. The minimum atomic E-state index is -3.79. The first-order valence-corrected chi connectivity index (χ1v) is 8.03. The maximum atomic E-state index is 12.2. The second kappa shape index (κ2) is 5.76. The Balaban J connectivity index is 2.15. The Morgan fingerprint density at radius 1 is 1.33 bits per heavy atom. The monoisotopic (exact) mass is 312 g/mol. The number of hydrogen-bond acceptors (Lipinski definition) is 5. The molecule has 21 heavy (non-hydrogen) atoms. The SMILES string of the molecule is CN(C)C[C@](C)(O)CNS(=O)(=O)c1cc2ccccc2o1. The van der Waals surface area contributed by atoms with Crippen LogP contribution in [0.4, 0.5) is 0 Å². The third-order valence-electron chi connectivity index (χ3n) is 2.97. The van der Waals surface area contributed by atoms with Crippen molar-refractivity contribution in [2.75, 3.05) is 27.2 Å². The van der Waals surface area contributed by atoms with Crippen molar-refractivity contribution in [2.24, 2.45) is 0 Å². The summed E-state index contributed by atoms with van der Waals surface area (Å²) in [5, 5.41) is 10.7. The maximum absolute atomic E-state index is 12.2. The van der Waals surface area contributed by atoms with Gasteiger partial charge >= 0.3 is 0 Å². The van der Waals surface area contributed by atoms with Gasteiger partial charge in [0.25, 0.3) is 10.0 Å². The van der Waals surface area contributed by atoms with E-state index in [1.807, 2.05) is 20.2 Å². The van der Waals surface area contributed by atoms with Crippen LogP contribution in [0.2, 0.25) is 0 Å². The van der Waals surface area contributed by atoms with Crippen LogP contribution in [-0.4, -0.2) is 51.2 Å². The van der Waals surface area contributed by atoms with E-state index < -0.39 is 15.6 Å². The van der Waals surface area contributed by atoms with Gasteiger partial charge in [-0.15, -0.1) is 0 Å². The predicted molar refractivity (Wildman–Crippen MR) is 80.6 cm³/mol. The lowest BCUT2D eigenvalue weighted by Gasteiger charge is -2.26. The van der Waals surface area contributed by atoms with Gasteiger partial charge in [0.2, 0.25) is 5.09 Å². The number of hydrogen-bond donors (Lipinski definition) is 2. The normalized spacial score (nSPS) is 15.5. The standard InChI is InChI=1S/C14H20N2O4S/c1-14(17,10-16(2)3)9-15-21(18,19)13-8-11-6-4-5-7-12(11)20-13/h4-8,15,17H,9-10H2,1-3H3/t14-/m1/s1. The van der Waals surface area contributed by atoms with Crippen molar-refractivity contribution >= 4 is 21.0 Å². The molecule has 1 heterocycles. The second-order valence-electron chi connectivity index (χ2n) is 5.66. The molecule has 0 unspecified atom stereocenters. The zero-order valence-electron chi connectivity index (χ0n) is 12.3. The lowest BCUT2D eigenvalue weighted by atomic mass is 10.1. The molecule has 1 aromatic heterocycles. The number of nitrogens with zero attached hydrogens (tertiary/aromatic N) is 1. The lowest BCUT2D eigenvalue weighted by Crippen LogP contribution is -2.46. The third-order valence-corrected chi connectivity index (χ3v) is 4.22. The van der Waals surface area contributed by atoms with Gasteiger partial charge in [-0.3, -0.25) is 0 Å². The number of furan rings is 1. The van der Waals surface area contributed by atoms with E-state index in [4.69, 9.17) is 4.42 Å². The summed E-state index contributed by atoms with van der Waals surface area (Å²) in [4.78, 5) is 1.79. The van der Waals surface area contributed by atoms with E-state index in [2.05, 4.69) is 4.72 Å². The van der Waals surface area contributed by atoms with Crippen LogP contribution in [0.25, 0.3) is 11.0 Å². The molecule has 1 aromatic carbocycles. The van der Waals surface area contributed by atoms with E-state index in [0.29, 0.717) is 12.1 Å². The number of nitrogens with one attached hydrogen (secondary N) is 1. The fourth-order valence-electron chi connectivity index (χ4n) is 2.15. The van der Waals surface area contributed by atoms with Gasteiger partial charge < -0.3 is 14.4 Å². The topological polar surface area (TPSA) is 82.8 Å². The minimum absolute atomic E-state index is 0.0927. The molecule has 0 spiro atoms. The smallest absolute Gasteiger partial charge is 0.274 e. The third kappa shape index (κ3) is 4.04. The van der Waals surface area contributed by atoms with Crippen molar-refractivity contribution in [3.8, 4) is 0 Å². The molecular weight excluding hydrogens is 292 g/mol. The highest BCUT2D eigenvalue weighted by molar-refractivity contribution is 7.89. The minimum Gasteiger partial charge on any atom is -0.443 e. The molecule has 116 valence electrons. The zero-order valence-corrected chi connectivity index (χ0v) is 13.1. The van der Waals surface area contributed by atoms with Gasteiger partial charge in [-0.1, -0.05) is 18.2 Å². The highest BCUT2D eigenvalue weighted by atomic mass is 32.2.